The number of para-hydroxylation sites is 1. The Hall–Kier alpha value is -3.58. The zero-order chi connectivity index (χ0) is 25.0. The number of aromatic nitrogens is 2. The molecule has 7 heteroatoms. The van der Waals surface area contributed by atoms with Crippen LogP contribution in [-0.4, -0.2) is 45.3 Å². The molecule has 1 aliphatic carbocycles. The summed E-state index contributed by atoms with van der Waals surface area (Å²) in [5, 5.41) is 4.90. The first kappa shape index (κ1) is 22.9. The molecule has 36 heavy (non-hydrogen) atoms. The highest BCUT2D eigenvalue weighted by Crippen LogP contribution is 2.49. The van der Waals surface area contributed by atoms with Crippen molar-refractivity contribution in [1.29, 1.82) is 0 Å². The Morgan fingerprint density at radius 2 is 1.83 bits per heavy atom. The third kappa shape index (κ3) is 4.07. The minimum atomic E-state index is -0.160. The number of aryl methyl sites for hydroxylation is 3. The minimum Gasteiger partial charge on any atom is -0.350 e. The van der Waals surface area contributed by atoms with E-state index in [0.717, 1.165) is 33.7 Å². The number of piperidine rings is 1. The van der Waals surface area contributed by atoms with Crippen LogP contribution in [-0.2, 0) is 0 Å². The molecule has 2 amide bonds. The lowest BCUT2D eigenvalue weighted by Crippen LogP contribution is -2.45. The summed E-state index contributed by atoms with van der Waals surface area (Å²) in [6.07, 6.45) is 3.64. The van der Waals surface area contributed by atoms with Gasteiger partial charge in [0.2, 0.25) is 0 Å². The van der Waals surface area contributed by atoms with E-state index in [-0.39, 0.29) is 23.9 Å². The van der Waals surface area contributed by atoms with E-state index in [2.05, 4.69) is 47.3 Å². The third-order valence-electron chi connectivity index (χ3n) is 7.24. The van der Waals surface area contributed by atoms with Gasteiger partial charge in [0, 0.05) is 24.2 Å². The normalized spacial score (nSPS) is 20.4. The molecule has 0 spiro atoms. The van der Waals surface area contributed by atoms with E-state index >= 15 is 0 Å². The highest BCUT2D eigenvalue weighted by atomic mass is 32.1. The first-order valence-electron chi connectivity index (χ1n) is 12.4. The largest absolute Gasteiger partial charge is 0.350 e. The molecule has 3 atom stereocenters. The maximum atomic E-state index is 13.9. The van der Waals surface area contributed by atoms with Crippen molar-refractivity contribution in [2.24, 2.45) is 5.92 Å². The minimum absolute atomic E-state index is 0.0235. The van der Waals surface area contributed by atoms with Crippen molar-refractivity contribution in [2.45, 2.75) is 45.7 Å². The molecule has 1 aliphatic heterocycles. The number of nitrogens with one attached hydrogen (secondary N) is 1. The molecule has 0 unspecified atom stereocenters. The second-order valence-electron chi connectivity index (χ2n) is 10.0. The summed E-state index contributed by atoms with van der Waals surface area (Å²) >= 11 is 1.57. The third-order valence-corrected chi connectivity index (χ3v) is 8.26. The van der Waals surface area contributed by atoms with Crippen LogP contribution in [0.4, 0.5) is 0 Å². The first-order valence-corrected chi connectivity index (χ1v) is 13.2. The number of thiazole rings is 1. The zero-order valence-corrected chi connectivity index (χ0v) is 21.4. The molecule has 2 aromatic carbocycles. The number of rotatable bonds is 5. The van der Waals surface area contributed by atoms with E-state index in [4.69, 9.17) is 0 Å². The molecule has 2 aromatic heterocycles. The number of likely N-dealkylation sites (tertiary alicyclic amines) is 1. The van der Waals surface area contributed by atoms with E-state index in [1.807, 2.05) is 36.1 Å². The molecule has 3 heterocycles. The Bertz CT molecular complexity index is 1480. The van der Waals surface area contributed by atoms with Crippen molar-refractivity contribution in [3.05, 3.63) is 82.1 Å². The average Bonchev–Trinajstić information content (AvgIpc) is 3.34. The topological polar surface area (TPSA) is 75.2 Å². The molecule has 6 nitrogen and oxygen atoms in total. The van der Waals surface area contributed by atoms with Crippen LogP contribution in [0, 0.1) is 26.7 Å². The molecule has 6 rings (SSSR count). The number of benzene rings is 2. The molecular formula is C29H28N4O2S. The van der Waals surface area contributed by atoms with Crippen LogP contribution in [0.3, 0.4) is 0 Å². The highest BCUT2D eigenvalue weighted by Gasteiger charge is 2.54. The van der Waals surface area contributed by atoms with Crippen LogP contribution in [0.5, 0.6) is 0 Å². The molecule has 0 radical (unpaired) electrons. The van der Waals surface area contributed by atoms with Gasteiger partial charge in [-0.25, -0.2) is 4.98 Å². The van der Waals surface area contributed by atoms with Crippen LogP contribution in [0.15, 0.2) is 54.7 Å². The lowest BCUT2D eigenvalue weighted by Gasteiger charge is -2.27. The Balaban J connectivity index is 1.24. The van der Waals surface area contributed by atoms with Crippen molar-refractivity contribution in [3.63, 3.8) is 0 Å². The number of hydrogen-bond donors (Lipinski definition) is 1. The number of hydrogen-bond acceptors (Lipinski definition) is 5. The zero-order valence-electron chi connectivity index (χ0n) is 20.6. The van der Waals surface area contributed by atoms with Crippen LogP contribution in [0.25, 0.3) is 21.3 Å². The molecule has 1 saturated carbocycles. The number of carbonyl (C=O) groups excluding carboxylic acids is 2. The Morgan fingerprint density at radius 1 is 1.06 bits per heavy atom. The monoisotopic (exact) mass is 496 g/mol. The number of fused-ring (bicyclic) bond motifs is 2. The number of amides is 2. The standard InChI is InChI=1S/C29H28N4O2S/c1-16-10-17(2)12-21(11-16)27-26(32-18(3)36-27)29(35)33-22(13-20-14-24(20)33)15-31-28(34)23-8-4-6-19-7-5-9-30-25(19)23/h4-12,20,22,24H,13-15H2,1-3H3,(H,31,34)/t20-,22+,24+/m1/s1. The number of pyridine rings is 1. The number of carbonyl (C=O) groups is 2. The van der Waals surface area contributed by atoms with E-state index in [0.29, 0.717) is 29.2 Å². The fraction of sp³-hybridized carbons (Fsp3) is 0.310. The van der Waals surface area contributed by atoms with E-state index < -0.39 is 0 Å². The van der Waals surface area contributed by atoms with E-state index in [1.54, 1.807) is 23.6 Å². The predicted octanol–water partition coefficient (Wildman–Crippen LogP) is 5.32. The summed E-state index contributed by atoms with van der Waals surface area (Å²) in [7, 11) is 0. The Labute approximate surface area is 214 Å². The smallest absolute Gasteiger partial charge is 0.274 e. The molecule has 182 valence electrons. The molecule has 2 fully saturated rings. The van der Waals surface area contributed by atoms with Gasteiger partial charge in [0.15, 0.2) is 0 Å². The van der Waals surface area contributed by atoms with Gasteiger partial charge in [-0.1, -0.05) is 47.5 Å². The second-order valence-corrected chi connectivity index (χ2v) is 11.2. The fourth-order valence-electron chi connectivity index (χ4n) is 5.65. The maximum absolute atomic E-state index is 13.9. The van der Waals surface area contributed by atoms with Crippen molar-refractivity contribution in [2.75, 3.05) is 6.54 Å². The molecule has 0 bridgehead atoms. The summed E-state index contributed by atoms with van der Waals surface area (Å²) < 4.78 is 0. The van der Waals surface area contributed by atoms with Crippen LogP contribution >= 0.6 is 11.3 Å². The molecule has 1 saturated heterocycles. The number of nitrogens with zero attached hydrogens (tertiary/aromatic N) is 3. The molecule has 1 N–H and O–H groups in total. The average molecular weight is 497 g/mol. The second kappa shape index (κ2) is 8.82. The maximum Gasteiger partial charge on any atom is 0.274 e. The van der Waals surface area contributed by atoms with Crippen molar-refractivity contribution in [1.82, 2.24) is 20.2 Å². The molecule has 4 aromatic rings. The lowest BCUT2D eigenvalue weighted by molar-refractivity contribution is 0.0684. The van der Waals surface area contributed by atoms with Crippen LogP contribution in [0.2, 0.25) is 0 Å². The van der Waals surface area contributed by atoms with Gasteiger partial charge < -0.3 is 10.2 Å². The van der Waals surface area contributed by atoms with Gasteiger partial charge in [0.05, 0.1) is 27.0 Å². The lowest BCUT2D eigenvalue weighted by atomic mass is 10.0. The molecular weight excluding hydrogens is 468 g/mol. The van der Waals surface area contributed by atoms with Crippen molar-refractivity contribution < 1.29 is 9.59 Å². The highest BCUT2D eigenvalue weighted by molar-refractivity contribution is 7.15. The van der Waals surface area contributed by atoms with Gasteiger partial charge in [0.1, 0.15) is 5.69 Å². The van der Waals surface area contributed by atoms with Crippen molar-refractivity contribution >= 4 is 34.1 Å². The van der Waals surface area contributed by atoms with Gasteiger partial charge >= 0.3 is 0 Å². The Morgan fingerprint density at radius 3 is 2.64 bits per heavy atom. The van der Waals surface area contributed by atoms with Gasteiger partial charge in [-0.2, -0.15) is 0 Å². The summed E-state index contributed by atoms with van der Waals surface area (Å²) in [4.78, 5) is 39.0. The summed E-state index contributed by atoms with van der Waals surface area (Å²) in [6.45, 7) is 6.52. The van der Waals surface area contributed by atoms with Gasteiger partial charge in [-0.15, -0.1) is 11.3 Å². The van der Waals surface area contributed by atoms with Gasteiger partial charge in [0.25, 0.3) is 11.8 Å². The predicted molar refractivity (Wildman–Crippen MR) is 142 cm³/mol. The molecule has 2 aliphatic rings. The first-order chi connectivity index (χ1) is 17.4. The van der Waals surface area contributed by atoms with Crippen molar-refractivity contribution in [3.8, 4) is 10.4 Å². The van der Waals surface area contributed by atoms with Crippen LogP contribution in [0.1, 0.15) is 49.8 Å². The Kier molecular flexibility index (Phi) is 5.60. The summed E-state index contributed by atoms with van der Waals surface area (Å²) in [6, 6.07) is 16.0. The van der Waals surface area contributed by atoms with Gasteiger partial charge in [-0.05, 0) is 57.2 Å². The fourth-order valence-corrected chi connectivity index (χ4v) is 6.54. The SMILES string of the molecule is Cc1cc(C)cc(-c2sc(C)nc2C(=O)N2[C@H](CNC(=O)c3cccc4cccnc34)C[C@@H]3C[C@@H]32)c1. The van der Waals surface area contributed by atoms with Crippen LogP contribution < -0.4 is 5.32 Å². The summed E-state index contributed by atoms with van der Waals surface area (Å²) in [5.41, 5.74) is 5.16. The van der Waals surface area contributed by atoms with Gasteiger partial charge in [-0.3, -0.25) is 14.6 Å². The van der Waals surface area contributed by atoms with E-state index in [9.17, 15) is 9.59 Å². The summed E-state index contributed by atoms with van der Waals surface area (Å²) in [5.74, 6) is 0.330. The quantitative estimate of drug-likeness (QED) is 0.406. The van der Waals surface area contributed by atoms with E-state index in [1.165, 1.54) is 11.1 Å².